The first-order valence-electron chi connectivity index (χ1n) is 5.77. The third kappa shape index (κ3) is 2.86. The van der Waals surface area contributed by atoms with Crippen LogP contribution in [-0.4, -0.2) is 29.3 Å². The Balaban J connectivity index is 2.48. The standard InChI is InChI=1S/C12H12ClN3O4S/c1-7-8(12(17)18)4-3-5-10(7)15-21(19,20)11-9(13)6-14-16(11)2/h3-6,15H,1-2H3,(H,17,18). The number of benzene rings is 1. The normalized spacial score (nSPS) is 11.4. The number of carboxylic acid groups (broad SMARTS) is 1. The summed E-state index contributed by atoms with van der Waals surface area (Å²) in [4.78, 5) is 11.1. The van der Waals surface area contributed by atoms with Gasteiger partial charge in [-0.3, -0.25) is 9.40 Å². The molecule has 0 unspecified atom stereocenters. The molecule has 0 saturated carbocycles. The van der Waals surface area contributed by atoms with Gasteiger partial charge in [-0.25, -0.2) is 4.79 Å². The van der Waals surface area contributed by atoms with Crippen LogP contribution in [0, 0.1) is 6.92 Å². The lowest BCUT2D eigenvalue weighted by molar-refractivity contribution is 0.0696. The third-order valence-corrected chi connectivity index (χ3v) is 4.78. The van der Waals surface area contributed by atoms with E-state index in [-0.39, 0.29) is 21.3 Å². The van der Waals surface area contributed by atoms with Gasteiger partial charge in [0, 0.05) is 7.05 Å². The second-order valence-electron chi connectivity index (χ2n) is 4.31. The number of sulfonamides is 1. The summed E-state index contributed by atoms with van der Waals surface area (Å²) in [5, 5.41) is 12.6. The molecule has 2 aromatic rings. The average molecular weight is 330 g/mol. The monoisotopic (exact) mass is 329 g/mol. The molecule has 0 saturated heterocycles. The zero-order chi connectivity index (χ0) is 15.8. The van der Waals surface area contributed by atoms with E-state index < -0.39 is 16.0 Å². The number of halogens is 1. The molecule has 1 aromatic carbocycles. The Kier molecular flexibility index (Phi) is 3.93. The van der Waals surface area contributed by atoms with Gasteiger partial charge in [-0.1, -0.05) is 17.7 Å². The number of aromatic nitrogens is 2. The zero-order valence-corrected chi connectivity index (χ0v) is 12.7. The van der Waals surface area contributed by atoms with Gasteiger partial charge < -0.3 is 5.11 Å². The zero-order valence-electron chi connectivity index (χ0n) is 11.2. The molecule has 0 aliphatic heterocycles. The van der Waals surface area contributed by atoms with Gasteiger partial charge in [0.25, 0.3) is 10.0 Å². The number of nitrogens with one attached hydrogen (secondary N) is 1. The Bertz CT molecular complexity index is 794. The van der Waals surface area contributed by atoms with Crippen LogP contribution in [0.1, 0.15) is 15.9 Å². The molecule has 0 fully saturated rings. The highest BCUT2D eigenvalue weighted by Gasteiger charge is 2.24. The van der Waals surface area contributed by atoms with Crippen molar-refractivity contribution in [3.63, 3.8) is 0 Å². The summed E-state index contributed by atoms with van der Waals surface area (Å²) < 4.78 is 28.1. The number of hydrogen-bond acceptors (Lipinski definition) is 4. The molecule has 2 N–H and O–H groups in total. The van der Waals surface area contributed by atoms with Gasteiger partial charge in [0.05, 0.1) is 22.5 Å². The number of carboxylic acids is 1. The van der Waals surface area contributed by atoms with Crippen molar-refractivity contribution in [3.8, 4) is 0 Å². The van der Waals surface area contributed by atoms with Crippen molar-refractivity contribution >= 4 is 33.3 Å². The Labute approximate surface area is 126 Å². The molecule has 0 spiro atoms. The lowest BCUT2D eigenvalue weighted by Crippen LogP contribution is -2.18. The lowest BCUT2D eigenvalue weighted by Gasteiger charge is -2.12. The summed E-state index contributed by atoms with van der Waals surface area (Å²) >= 11 is 5.82. The van der Waals surface area contributed by atoms with Crippen LogP contribution in [0.3, 0.4) is 0 Å². The highest BCUT2D eigenvalue weighted by atomic mass is 35.5. The number of rotatable bonds is 4. The van der Waals surface area contributed by atoms with Gasteiger partial charge in [0.1, 0.15) is 0 Å². The van der Waals surface area contributed by atoms with Gasteiger partial charge in [0.15, 0.2) is 5.03 Å². The van der Waals surface area contributed by atoms with Gasteiger partial charge in [-0.05, 0) is 24.6 Å². The topological polar surface area (TPSA) is 101 Å². The van der Waals surface area contributed by atoms with Crippen LogP contribution in [0.5, 0.6) is 0 Å². The lowest BCUT2D eigenvalue weighted by atomic mass is 10.1. The number of aromatic carboxylic acids is 1. The number of anilines is 1. The van der Waals surface area contributed by atoms with Crippen LogP contribution in [-0.2, 0) is 17.1 Å². The highest BCUT2D eigenvalue weighted by Crippen LogP contribution is 2.25. The molecule has 0 bridgehead atoms. The Morgan fingerprint density at radius 2 is 2.10 bits per heavy atom. The average Bonchev–Trinajstić information content (AvgIpc) is 2.71. The maximum Gasteiger partial charge on any atom is 0.336 e. The van der Waals surface area contributed by atoms with Crippen molar-refractivity contribution in [2.75, 3.05) is 4.72 Å². The van der Waals surface area contributed by atoms with Crippen LogP contribution in [0.15, 0.2) is 29.4 Å². The fraction of sp³-hybridized carbons (Fsp3) is 0.167. The smallest absolute Gasteiger partial charge is 0.336 e. The number of aryl methyl sites for hydroxylation is 1. The summed E-state index contributed by atoms with van der Waals surface area (Å²) in [5.74, 6) is -1.13. The second kappa shape index (κ2) is 5.38. The maximum atomic E-state index is 12.3. The molecule has 0 aliphatic rings. The van der Waals surface area contributed by atoms with E-state index in [4.69, 9.17) is 16.7 Å². The Hall–Kier alpha value is -2.06. The molecule has 9 heteroatoms. The van der Waals surface area contributed by atoms with Crippen LogP contribution in [0.2, 0.25) is 5.02 Å². The molecule has 112 valence electrons. The molecule has 1 aromatic heterocycles. The minimum absolute atomic E-state index is 0.0166. The van der Waals surface area contributed by atoms with E-state index >= 15 is 0 Å². The molecule has 0 amide bonds. The van der Waals surface area contributed by atoms with E-state index in [1.807, 2.05) is 0 Å². The Morgan fingerprint density at radius 1 is 1.43 bits per heavy atom. The molecule has 7 nitrogen and oxygen atoms in total. The first-order chi connectivity index (χ1) is 9.74. The second-order valence-corrected chi connectivity index (χ2v) is 6.31. The molecule has 0 atom stereocenters. The third-order valence-electron chi connectivity index (χ3n) is 2.91. The van der Waals surface area contributed by atoms with E-state index in [0.29, 0.717) is 5.56 Å². The fourth-order valence-electron chi connectivity index (χ4n) is 1.87. The van der Waals surface area contributed by atoms with Crippen molar-refractivity contribution in [2.45, 2.75) is 11.9 Å². The van der Waals surface area contributed by atoms with Gasteiger partial charge in [-0.2, -0.15) is 13.5 Å². The van der Waals surface area contributed by atoms with Crippen molar-refractivity contribution in [3.05, 3.63) is 40.5 Å². The van der Waals surface area contributed by atoms with Gasteiger partial charge in [-0.15, -0.1) is 0 Å². The van der Waals surface area contributed by atoms with Crippen molar-refractivity contribution in [1.82, 2.24) is 9.78 Å². The summed E-state index contributed by atoms with van der Waals surface area (Å²) in [5.41, 5.74) is 0.505. The number of carbonyl (C=O) groups is 1. The van der Waals surface area contributed by atoms with E-state index in [9.17, 15) is 13.2 Å². The quantitative estimate of drug-likeness (QED) is 0.891. The molecule has 2 rings (SSSR count). The molecular weight excluding hydrogens is 318 g/mol. The summed E-state index contributed by atoms with van der Waals surface area (Å²) in [6, 6.07) is 4.33. The predicted octanol–water partition coefficient (Wildman–Crippen LogP) is 1.88. The fourth-order valence-corrected chi connectivity index (χ4v) is 3.66. The summed E-state index contributed by atoms with van der Waals surface area (Å²) in [6.45, 7) is 1.52. The van der Waals surface area contributed by atoms with Crippen LogP contribution < -0.4 is 4.72 Å². The predicted molar refractivity (Wildman–Crippen MR) is 77.2 cm³/mol. The highest BCUT2D eigenvalue weighted by molar-refractivity contribution is 7.92. The van der Waals surface area contributed by atoms with E-state index in [2.05, 4.69) is 9.82 Å². The van der Waals surface area contributed by atoms with Crippen molar-refractivity contribution in [2.24, 2.45) is 7.05 Å². The van der Waals surface area contributed by atoms with Crippen LogP contribution in [0.25, 0.3) is 0 Å². The minimum Gasteiger partial charge on any atom is -0.478 e. The molecule has 0 aliphatic carbocycles. The van der Waals surface area contributed by atoms with Gasteiger partial charge in [0.2, 0.25) is 0 Å². The molecule has 1 heterocycles. The summed E-state index contributed by atoms with van der Waals surface area (Å²) in [6.07, 6.45) is 1.22. The van der Waals surface area contributed by atoms with E-state index in [1.54, 1.807) is 0 Å². The maximum absolute atomic E-state index is 12.3. The number of hydrogen-bond donors (Lipinski definition) is 2. The summed E-state index contributed by atoms with van der Waals surface area (Å²) in [7, 11) is -2.53. The van der Waals surface area contributed by atoms with Crippen molar-refractivity contribution in [1.29, 1.82) is 0 Å². The SMILES string of the molecule is Cc1c(NS(=O)(=O)c2c(Cl)cnn2C)cccc1C(=O)O. The molecular formula is C12H12ClN3O4S. The van der Waals surface area contributed by atoms with Crippen molar-refractivity contribution < 1.29 is 18.3 Å². The van der Waals surface area contributed by atoms with Gasteiger partial charge >= 0.3 is 5.97 Å². The Morgan fingerprint density at radius 3 is 2.62 bits per heavy atom. The first kappa shape index (κ1) is 15.3. The van der Waals surface area contributed by atoms with Crippen LogP contribution in [0.4, 0.5) is 5.69 Å². The molecule has 21 heavy (non-hydrogen) atoms. The van der Waals surface area contributed by atoms with Crippen LogP contribution >= 0.6 is 11.6 Å². The first-order valence-corrected chi connectivity index (χ1v) is 7.63. The van der Waals surface area contributed by atoms with E-state index in [1.165, 1.54) is 38.4 Å². The van der Waals surface area contributed by atoms with E-state index in [0.717, 1.165) is 4.68 Å². The largest absolute Gasteiger partial charge is 0.478 e. The number of nitrogens with zero attached hydrogens (tertiary/aromatic N) is 2. The minimum atomic E-state index is -3.97. The molecule has 0 radical (unpaired) electrons.